The Balaban J connectivity index is 2.09. The van der Waals surface area contributed by atoms with Gasteiger partial charge in [-0.05, 0) is 19.3 Å². The second-order valence-electron chi connectivity index (χ2n) is 4.84. The van der Waals surface area contributed by atoms with Gasteiger partial charge in [0, 0.05) is 25.3 Å². The second kappa shape index (κ2) is 6.73. The van der Waals surface area contributed by atoms with Crippen LogP contribution in [0.15, 0.2) is 12.1 Å². The van der Waals surface area contributed by atoms with E-state index in [1.807, 2.05) is 0 Å². The SMILES string of the molecule is Nc1c(Cl)cc([N+](=O)[O-])cc1C(=O)NCC1CCCCO1. The van der Waals surface area contributed by atoms with E-state index in [1.54, 1.807) is 0 Å². The van der Waals surface area contributed by atoms with Gasteiger partial charge in [0.05, 0.1) is 27.3 Å². The van der Waals surface area contributed by atoms with Crippen LogP contribution in [-0.4, -0.2) is 30.1 Å². The number of non-ortho nitro benzene ring substituents is 1. The molecule has 1 aromatic rings. The number of benzene rings is 1. The molecule has 1 aromatic carbocycles. The van der Waals surface area contributed by atoms with E-state index >= 15 is 0 Å². The first-order valence-corrected chi connectivity index (χ1v) is 7.00. The standard InChI is InChI=1S/C13H16ClN3O4/c14-11-6-8(17(19)20)5-10(12(11)15)13(18)16-7-9-3-1-2-4-21-9/h5-6,9H,1-4,7,15H2,(H,16,18). The Labute approximate surface area is 126 Å². The molecule has 1 aliphatic heterocycles. The fraction of sp³-hybridized carbons (Fsp3) is 0.462. The normalized spacial score (nSPS) is 18.2. The van der Waals surface area contributed by atoms with Crippen molar-refractivity contribution in [2.24, 2.45) is 0 Å². The van der Waals surface area contributed by atoms with Gasteiger partial charge in [-0.3, -0.25) is 14.9 Å². The van der Waals surface area contributed by atoms with Gasteiger partial charge in [0.1, 0.15) is 0 Å². The molecule has 1 amide bonds. The third-order valence-corrected chi connectivity index (χ3v) is 3.65. The highest BCUT2D eigenvalue weighted by Gasteiger charge is 2.20. The molecule has 21 heavy (non-hydrogen) atoms. The van der Waals surface area contributed by atoms with E-state index in [4.69, 9.17) is 22.1 Å². The maximum atomic E-state index is 12.1. The lowest BCUT2D eigenvalue weighted by Gasteiger charge is -2.22. The molecule has 1 unspecified atom stereocenters. The maximum Gasteiger partial charge on any atom is 0.271 e. The highest BCUT2D eigenvalue weighted by molar-refractivity contribution is 6.34. The van der Waals surface area contributed by atoms with Gasteiger partial charge < -0.3 is 15.8 Å². The number of nitro groups is 1. The molecular formula is C13H16ClN3O4. The molecule has 8 heteroatoms. The fourth-order valence-corrected chi connectivity index (χ4v) is 2.38. The number of hydrogen-bond donors (Lipinski definition) is 2. The van der Waals surface area contributed by atoms with Crippen molar-refractivity contribution >= 4 is 28.9 Å². The number of nitrogens with one attached hydrogen (secondary N) is 1. The Morgan fingerprint density at radius 3 is 2.90 bits per heavy atom. The minimum absolute atomic E-state index is 0.00464. The average Bonchev–Trinajstić information content (AvgIpc) is 2.48. The Morgan fingerprint density at radius 2 is 2.29 bits per heavy atom. The summed E-state index contributed by atoms with van der Waals surface area (Å²) in [7, 11) is 0. The molecule has 1 aliphatic rings. The van der Waals surface area contributed by atoms with Crippen LogP contribution in [0.5, 0.6) is 0 Å². The molecular weight excluding hydrogens is 298 g/mol. The molecule has 0 radical (unpaired) electrons. The summed E-state index contributed by atoms with van der Waals surface area (Å²) < 4.78 is 5.50. The van der Waals surface area contributed by atoms with E-state index in [0.29, 0.717) is 13.2 Å². The van der Waals surface area contributed by atoms with Crippen molar-refractivity contribution in [2.75, 3.05) is 18.9 Å². The van der Waals surface area contributed by atoms with Gasteiger partial charge in [0.2, 0.25) is 0 Å². The number of carbonyl (C=O) groups is 1. The Hall–Kier alpha value is -1.86. The van der Waals surface area contributed by atoms with Crippen molar-refractivity contribution in [1.82, 2.24) is 5.32 Å². The number of halogens is 1. The zero-order valence-electron chi connectivity index (χ0n) is 11.3. The summed E-state index contributed by atoms with van der Waals surface area (Å²) in [5, 5.41) is 13.5. The molecule has 7 nitrogen and oxygen atoms in total. The quantitative estimate of drug-likeness (QED) is 0.503. The van der Waals surface area contributed by atoms with Crippen LogP contribution >= 0.6 is 11.6 Å². The smallest absolute Gasteiger partial charge is 0.271 e. The van der Waals surface area contributed by atoms with Crippen molar-refractivity contribution in [3.63, 3.8) is 0 Å². The van der Waals surface area contributed by atoms with E-state index in [-0.39, 0.29) is 28.1 Å². The Bertz CT molecular complexity index is 559. The number of nitrogens with two attached hydrogens (primary N) is 1. The topological polar surface area (TPSA) is 107 Å². The largest absolute Gasteiger partial charge is 0.397 e. The van der Waals surface area contributed by atoms with Gasteiger partial charge in [-0.2, -0.15) is 0 Å². The molecule has 0 aromatic heterocycles. The lowest BCUT2D eigenvalue weighted by molar-refractivity contribution is -0.384. The van der Waals surface area contributed by atoms with Gasteiger partial charge in [-0.15, -0.1) is 0 Å². The second-order valence-corrected chi connectivity index (χ2v) is 5.25. The number of nitro benzene ring substituents is 1. The molecule has 1 fully saturated rings. The molecule has 0 bridgehead atoms. The first-order valence-electron chi connectivity index (χ1n) is 6.62. The van der Waals surface area contributed by atoms with Crippen molar-refractivity contribution < 1.29 is 14.5 Å². The third kappa shape index (κ3) is 3.83. The Kier molecular flexibility index (Phi) is 4.98. The highest BCUT2D eigenvalue weighted by Crippen LogP contribution is 2.28. The van der Waals surface area contributed by atoms with E-state index in [0.717, 1.165) is 31.4 Å². The van der Waals surface area contributed by atoms with Crippen LogP contribution in [-0.2, 0) is 4.74 Å². The third-order valence-electron chi connectivity index (χ3n) is 3.33. The number of rotatable bonds is 4. The number of nitrogens with zero attached hydrogens (tertiary/aromatic N) is 1. The summed E-state index contributed by atoms with van der Waals surface area (Å²) in [4.78, 5) is 22.3. The summed E-state index contributed by atoms with van der Waals surface area (Å²) in [6, 6.07) is 2.25. The summed E-state index contributed by atoms with van der Waals surface area (Å²) in [5.41, 5.74) is 5.48. The number of amides is 1. The summed E-state index contributed by atoms with van der Waals surface area (Å²) in [6.45, 7) is 1.03. The number of hydrogen-bond acceptors (Lipinski definition) is 5. The predicted octanol–water partition coefficient (Wildman–Crippen LogP) is 2.13. The van der Waals surface area contributed by atoms with Crippen LogP contribution in [0.1, 0.15) is 29.6 Å². The molecule has 0 saturated carbocycles. The van der Waals surface area contributed by atoms with Crippen molar-refractivity contribution in [3.8, 4) is 0 Å². The minimum Gasteiger partial charge on any atom is -0.397 e. The molecule has 1 saturated heterocycles. The zero-order chi connectivity index (χ0) is 15.4. The lowest BCUT2D eigenvalue weighted by atomic mass is 10.1. The van der Waals surface area contributed by atoms with Gasteiger partial charge in [-0.25, -0.2) is 0 Å². The summed E-state index contributed by atoms with van der Waals surface area (Å²) in [6.07, 6.45) is 2.94. The first kappa shape index (κ1) is 15.5. The van der Waals surface area contributed by atoms with Crippen LogP contribution in [0.2, 0.25) is 5.02 Å². The molecule has 0 aliphatic carbocycles. The van der Waals surface area contributed by atoms with E-state index in [1.165, 1.54) is 0 Å². The molecule has 0 spiro atoms. The summed E-state index contributed by atoms with van der Waals surface area (Å²) in [5.74, 6) is -0.493. The van der Waals surface area contributed by atoms with Crippen LogP contribution in [0.3, 0.4) is 0 Å². The van der Waals surface area contributed by atoms with Crippen LogP contribution in [0, 0.1) is 10.1 Å². The van der Waals surface area contributed by atoms with Crippen molar-refractivity contribution in [2.45, 2.75) is 25.4 Å². The number of anilines is 1. The summed E-state index contributed by atoms with van der Waals surface area (Å²) >= 11 is 5.82. The molecule has 2 rings (SSSR count). The lowest BCUT2D eigenvalue weighted by Crippen LogP contribution is -2.35. The van der Waals surface area contributed by atoms with Crippen molar-refractivity contribution in [3.05, 3.63) is 32.8 Å². The first-order chi connectivity index (χ1) is 9.99. The van der Waals surface area contributed by atoms with Gasteiger partial charge in [0.25, 0.3) is 11.6 Å². The highest BCUT2D eigenvalue weighted by atomic mass is 35.5. The van der Waals surface area contributed by atoms with E-state index in [2.05, 4.69) is 5.32 Å². The van der Waals surface area contributed by atoms with E-state index < -0.39 is 10.8 Å². The predicted molar refractivity (Wildman–Crippen MR) is 78.4 cm³/mol. The van der Waals surface area contributed by atoms with Crippen LogP contribution < -0.4 is 11.1 Å². The van der Waals surface area contributed by atoms with Gasteiger partial charge >= 0.3 is 0 Å². The Morgan fingerprint density at radius 1 is 1.52 bits per heavy atom. The van der Waals surface area contributed by atoms with Gasteiger partial charge in [-0.1, -0.05) is 11.6 Å². The monoisotopic (exact) mass is 313 g/mol. The number of ether oxygens (including phenoxy) is 1. The molecule has 3 N–H and O–H groups in total. The van der Waals surface area contributed by atoms with Gasteiger partial charge in [0.15, 0.2) is 0 Å². The zero-order valence-corrected chi connectivity index (χ0v) is 12.1. The number of nitrogen functional groups attached to an aromatic ring is 1. The minimum atomic E-state index is -0.619. The van der Waals surface area contributed by atoms with Crippen LogP contribution in [0.4, 0.5) is 11.4 Å². The average molecular weight is 314 g/mol. The molecule has 114 valence electrons. The van der Waals surface area contributed by atoms with Crippen molar-refractivity contribution in [1.29, 1.82) is 0 Å². The maximum absolute atomic E-state index is 12.1. The van der Waals surface area contributed by atoms with E-state index in [9.17, 15) is 14.9 Å². The fourth-order valence-electron chi connectivity index (χ4n) is 2.17. The van der Waals surface area contributed by atoms with Crippen LogP contribution in [0.25, 0.3) is 0 Å². The molecule has 1 heterocycles. The number of carbonyl (C=O) groups excluding carboxylic acids is 1. The molecule has 1 atom stereocenters.